The van der Waals surface area contributed by atoms with E-state index in [0.717, 1.165) is 9.91 Å². The summed E-state index contributed by atoms with van der Waals surface area (Å²) in [6, 6.07) is 0. The molecule has 0 unspecified atom stereocenters. The van der Waals surface area contributed by atoms with Crippen molar-refractivity contribution in [2.75, 3.05) is 7.05 Å². The number of carbonyl (C=O) groups excluding carboxylic acids is 1. The average molecular weight is 377 g/mol. The van der Waals surface area contributed by atoms with Crippen LogP contribution in [0.5, 0.6) is 0 Å². The molecule has 2 aromatic rings. The molecule has 0 aliphatic rings. The SMILES string of the molecule is CNC(=O)c1scc(C)c1[As]c1nc(Cl)ncc1Cl. The molecule has 0 fully saturated rings. The molecule has 0 saturated heterocycles. The van der Waals surface area contributed by atoms with Gasteiger partial charge in [-0.2, -0.15) is 0 Å². The number of hydrogen-bond donors (Lipinski definition) is 1. The average Bonchev–Trinajstić information content (AvgIpc) is 2.75. The first-order chi connectivity index (χ1) is 9.02. The van der Waals surface area contributed by atoms with Crippen LogP contribution >= 0.6 is 34.5 Å². The van der Waals surface area contributed by atoms with Crippen molar-refractivity contribution in [3.63, 3.8) is 0 Å². The number of aromatic nitrogens is 2. The van der Waals surface area contributed by atoms with E-state index in [1.807, 2.05) is 12.3 Å². The Morgan fingerprint density at radius 3 is 2.89 bits per heavy atom. The molecule has 2 aromatic heterocycles. The van der Waals surface area contributed by atoms with Crippen LogP contribution < -0.4 is 14.1 Å². The summed E-state index contributed by atoms with van der Waals surface area (Å²) >= 11 is 12.8. The fourth-order valence-electron chi connectivity index (χ4n) is 1.37. The number of aryl methyl sites for hydroxylation is 1. The molecular formula is C11H9AsCl2N3OS. The summed E-state index contributed by atoms with van der Waals surface area (Å²) in [6.07, 6.45) is 1.49. The molecule has 1 amide bonds. The van der Waals surface area contributed by atoms with E-state index in [0.29, 0.717) is 14.4 Å². The van der Waals surface area contributed by atoms with Gasteiger partial charge in [-0.25, -0.2) is 0 Å². The van der Waals surface area contributed by atoms with Crippen LogP contribution in [0.25, 0.3) is 0 Å². The van der Waals surface area contributed by atoms with E-state index >= 15 is 0 Å². The number of rotatable bonds is 3. The van der Waals surface area contributed by atoms with Crippen LogP contribution in [0.4, 0.5) is 0 Å². The van der Waals surface area contributed by atoms with Gasteiger partial charge in [-0.15, -0.1) is 0 Å². The van der Waals surface area contributed by atoms with Crippen LogP contribution in [0.1, 0.15) is 15.2 Å². The number of carbonyl (C=O) groups is 1. The van der Waals surface area contributed by atoms with E-state index in [1.165, 1.54) is 17.5 Å². The van der Waals surface area contributed by atoms with Crippen molar-refractivity contribution >= 4 is 65.0 Å². The summed E-state index contributed by atoms with van der Waals surface area (Å²) in [6.45, 7) is 1.98. The first kappa shape index (κ1) is 14.8. The molecule has 8 heteroatoms. The zero-order valence-corrected chi connectivity index (χ0v) is 14.3. The van der Waals surface area contributed by atoms with Gasteiger partial charge >= 0.3 is 131 Å². The standard InChI is InChI=1S/C11H9AsCl2N3OS/c1-5-4-19-8(10(18)15-2)7(5)12-9-6(13)3-16-11(14)17-9/h3-4H,1-2H3,(H,15,18). The molecule has 1 N–H and O–H groups in total. The molecule has 99 valence electrons. The Morgan fingerprint density at radius 2 is 2.21 bits per heavy atom. The second kappa shape index (κ2) is 6.23. The number of amides is 1. The zero-order valence-electron chi connectivity index (χ0n) is 10.1. The number of hydrogen-bond acceptors (Lipinski definition) is 4. The number of nitrogens with one attached hydrogen (secondary N) is 1. The van der Waals surface area contributed by atoms with Crippen LogP contribution in [0.2, 0.25) is 10.3 Å². The quantitative estimate of drug-likeness (QED) is 0.646. The van der Waals surface area contributed by atoms with E-state index in [4.69, 9.17) is 23.2 Å². The van der Waals surface area contributed by atoms with Gasteiger partial charge in [0.25, 0.3) is 0 Å². The first-order valence-electron chi connectivity index (χ1n) is 5.23. The van der Waals surface area contributed by atoms with Crippen LogP contribution in [-0.2, 0) is 0 Å². The van der Waals surface area contributed by atoms with E-state index in [2.05, 4.69) is 15.3 Å². The molecule has 0 spiro atoms. The number of nitrogens with zero attached hydrogens (tertiary/aromatic N) is 2. The van der Waals surface area contributed by atoms with Gasteiger partial charge in [-0.05, 0) is 0 Å². The van der Waals surface area contributed by atoms with Gasteiger partial charge in [0.1, 0.15) is 0 Å². The third kappa shape index (κ3) is 3.29. The van der Waals surface area contributed by atoms with E-state index in [1.54, 1.807) is 7.05 Å². The predicted molar refractivity (Wildman–Crippen MR) is 79.5 cm³/mol. The number of halogens is 2. The maximum atomic E-state index is 11.8. The molecule has 19 heavy (non-hydrogen) atoms. The molecular weight excluding hydrogens is 368 g/mol. The fourth-order valence-corrected chi connectivity index (χ4v) is 5.62. The second-order valence-corrected chi connectivity index (χ2v) is 7.52. The normalized spacial score (nSPS) is 11.2. The van der Waals surface area contributed by atoms with Gasteiger partial charge in [-0.1, -0.05) is 0 Å². The first-order valence-corrected chi connectivity index (χ1v) is 8.74. The Kier molecular flexibility index (Phi) is 4.85. The Bertz CT molecular complexity index is 632. The minimum atomic E-state index is -0.506. The molecule has 2 rings (SSSR count). The molecule has 1 radical (unpaired) electrons. The van der Waals surface area contributed by atoms with Crippen LogP contribution in [0, 0.1) is 6.92 Å². The third-order valence-electron chi connectivity index (χ3n) is 2.29. The van der Waals surface area contributed by atoms with Crippen molar-refractivity contribution in [1.82, 2.24) is 15.3 Å². The van der Waals surface area contributed by atoms with Gasteiger partial charge in [0.05, 0.1) is 0 Å². The summed E-state index contributed by atoms with van der Waals surface area (Å²) in [5, 5.41) is 5.26. The zero-order chi connectivity index (χ0) is 14.0. The summed E-state index contributed by atoms with van der Waals surface area (Å²) in [4.78, 5) is 20.5. The number of thiophene rings is 1. The monoisotopic (exact) mass is 376 g/mol. The van der Waals surface area contributed by atoms with Gasteiger partial charge in [0.2, 0.25) is 0 Å². The second-order valence-electron chi connectivity index (χ2n) is 3.60. The van der Waals surface area contributed by atoms with Crippen molar-refractivity contribution in [2.45, 2.75) is 6.92 Å². The topological polar surface area (TPSA) is 54.9 Å². The Labute approximate surface area is 131 Å². The van der Waals surface area contributed by atoms with Crippen molar-refractivity contribution in [1.29, 1.82) is 0 Å². The van der Waals surface area contributed by atoms with Crippen molar-refractivity contribution in [2.24, 2.45) is 0 Å². The Morgan fingerprint density at radius 1 is 1.47 bits per heavy atom. The Hall–Kier alpha value is -0.612. The third-order valence-corrected chi connectivity index (χ3v) is 7.30. The Balaban J connectivity index is 2.40. The van der Waals surface area contributed by atoms with Crippen molar-refractivity contribution in [3.05, 3.63) is 32.3 Å². The van der Waals surface area contributed by atoms with Crippen LogP contribution in [0.3, 0.4) is 0 Å². The van der Waals surface area contributed by atoms with Gasteiger partial charge < -0.3 is 0 Å². The van der Waals surface area contributed by atoms with Gasteiger partial charge in [-0.3, -0.25) is 0 Å². The summed E-state index contributed by atoms with van der Waals surface area (Å²) in [5.74, 6) is -0.0836. The molecule has 0 bridgehead atoms. The molecule has 0 atom stereocenters. The van der Waals surface area contributed by atoms with E-state index in [-0.39, 0.29) is 11.2 Å². The predicted octanol–water partition coefficient (Wildman–Crippen LogP) is 1.17. The summed E-state index contributed by atoms with van der Waals surface area (Å²) in [5.41, 5.74) is 1.08. The molecule has 0 aromatic carbocycles. The van der Waals surface area contributed by atoms with Crippen LogP contribution in [0.15, 0.2) is 11.6 Å². The molecule has 4 nitrogen and oxygen atoms in total. The van der Waals surface area contributed by atoms with Crippen LogP contribution in [-0.4, -0.2) is 38.7 Å². The maximum absolute atomic E-state index is 11.8. The minimum absolute atomic E-state index is 0.0836. The molecule has 0 saturated carbocycles. The molecule has 2 heterocycles. The molecule has 0 aliphatic heterocycles. The van der Waals surface area contributed by atoms with Gasteiger partial charge in [0.15, 0.2) is 0 Å². The van der Waals surface area contributed by atoms with E-state index < -0.39 is 15.8 Å². The van der Waals surface area contributed by atoms with Crippen molar-refractivity contribution in [3.8, 4) is 0 Å². The van der Waals surface area contributed by atoms with Gasteiger partial charge in [0, 0.05) is 0 Å². The summed E-state index contributed by atoms with van der Waals surface area (Å²) in [7, 11) is 1.62. The van der Waals surface area contributed by atoms with E-state index in [9.17, 15) is 4.79 Å². The van der Waals surface area contributed by atoms with Crippen molar-refractivity contribution < 1.29 is 4.79 Å². The summed E-state index contributed by atoms with van der Waals surface area (Å²) < 4.78 is 1.72. The fraction of sp³-hybridized carbons (Fsp3) is 0.182. The molecule has 0 aliphatic carbocycles.